The highest BCUT2D eigenvalue weighted by molar-refractivity contribution is 9.10. The molecule has 0 amide bonds. The molecule has 2 aromatic rings. The molecule has 0 aliphatic heterocycles. The van der Waals surface area contributed by atoms with Crippen molar-refractivity contribution in [3.63, 3.8) is 0 Å². The number of aromatic nitrogens is 3. The third kappa shape index (κ3) is 2.44. The van der Waals surface area contributed by atoms with Crippen molar-refractivity contribution in [1.29, 1.82) is 0 Å². The van der Waals surface area contributed by atoms with Crippen LogP contribution in [0.15, 0.2) is 22.8 Å². The van der Waals surface area contributed by atoms with Crippen LogP contribution in [0.1, 0.15) is 19.7 Å². The summed E-state index contributed by atoms with van der Waals surface area (Å²) < 4.78 is 33.9. The molecule has 0 fully saturated rings. The van der Waals surface area contributed by atoms with E-state index in [9.17, 15) is 8.78 Å². The minimum absolute atomic E-state index is 0.343. The van der Waals surface area contributed by atoms with E-state index in [0.717, 1.165) is 0 Å². The molecule has 0 aromatic carbocycles. The SMILES string of the molecule is CC(C)OC(F)(F)c1nnc2ccc(Br)cn12. The van der Waals surface area contributed by atoms with Crippen molar-refractivity contribution in [3.05, 3.63) is 28.6 Å². The highest BCUT2D eigenvalue weighted by atomic mass is 79.9. The van der Waals surface area contributed by atoms with Gasteiger partial charge in [0, 0.05) is 10.7 Å². The van der Waals surface area contributed by atoms with Crippen LogP contribution < -0.4 is 0 Å². The Morgan fingerprint density at radius 2 is 2.06 bits per heavy atom. The van der Waals surface area contributed by atoms with E-state index in [0.29, 0.717) is 10.1 Å². The van der Waals surface area contributed by atoms with Crippen LogP contribution in [0, 0.1) is 0 Å². The highest BCUT2D eigenvalue weighted by Crippen LogP contribution is 2.30. The lowest BCUT2D eigenvalue weighted by molar-refractivity contribution is -0.272. The monoisotopic (exact) mass is 305 g/mol. The largest absolute Gasteiger partial charge is 0.418 e. The highest BCUT2D eigenvalue weighted by Gasteiger charge is 2.39. The Labute approximate surface area is 105 Å². The Morgan fingerprint density at radius 1 is 1.35 bits per heavy atom. The molecular formula is C10H10BrF2N3O. The molecule has 0 unspecified atom stereocenters. The molecule has 0 N–H and O–H groups in total. The Morgan fingerprint density at radius 3 is 2.71 bits per heavy atom. The molecule has 0 bridgehead atoms. The van der Waals surface area contributed by atoms with Crippen molar-refractivity contribution in [2.45, 2.75) is 26.1 Å². The average Bonchev–Trinajstić information content (AvgIpc) is 2.58. The van der Waals surface area contributed by atoms with Crippen LogP contribution in [0.2, 0.25) is 0 Å². The van der Waals surface area contributed by atoms with Crippen molar-refractivity contribution in [3.8, 4) is 0 Å². The summed E-state index contributed by atoms with van der Waals surface area (Å²) in [7, 11) is 0. The van der Waals surface area contributed by atoms with Crippen molar-refractivity contribution in [1.82, 2.24) is 14.6 Å². The first-order valence-corrected chi connectivity index (χ1v) is 5.76. The molecule has 2 heterocycles. The van der Waals surface area contributed by atoms with Gasteiger partial charge in [-0.2, -0.15) is 8.78 Å². The van der Waals surface area contributed by atoms with Gasteiger partial charge in [0.05, 0.1) is 6.10 Å². The molecule has 0 saturated carbocycles. The topological polar surface area (TPSA) is 39.4 Å². The number of nitrogens with zero attached hydrogens (tertiary/aromatic N) is 3. The van der Waals surface area contributed by atoms with Gasteiger partial charge < -0.3 is 4.74 Å². The number of halogens is 3. The van der Waals surface area contributed by atoms with E-state index in [1.165, 1.54) is 24.4 Å². The Kier molecular flexibility index (Phi) is 3.13. The quantitative estimate of drug-likeness (QED) is 0.875. The minimum atomic E-state index is -3.46. The van der Waals surface area contributed by atoms with Gasteiger partial charge in [0.25, 0.3) is 0 Å². The second kappa shape index (κ2) is 4.30. The van der Waals surface area contributed by atoms with E-state index in [-0.39, 0.29) is 0 Å². The van der Waals surface area contributed by atoms with Gasteiger partial charge in [-0.15, -0.1) is 10.2 Å². The van der Waals surface area contributed by atoms with Gasteiger partial charge in [-0.3, -0.25) is 4.40 Å². The number of pyridine rings is 1. The maximum atomic E-state index is 13.7. The lowest BCUT2D eigenvalue weighted by atomic mass is 10.4. The average molecular weight is 306 g/mol. The number of ether oxygens (including phenoxy) is 1. The van der Waals surface area contributed by atoms with Crippen molar-refractivity contribution < 1.29 is 13.5 Å². The predicted octanol–water partition coefficient (Wildman–Crippen LogP) is 2.97. The summed E-state index contributed by atoms with van der Waals surface area (Å²) in [6.07, 6.45) is -2.60. The Bertz CT molecular complexity index is 541. The first-order chi connectivity index (χ1) is 7.90. The van der Waals surface area contributed by atoms with E-state index in [4.69, 9.17) is 0 Å². The standard InChI is InChI=1S/C10H10BrF2N3O/c1-6(2)17-10(12,13)9-15-14-8-4-3-7(11)5-16(8)9/h3-6H,1-2H3. The molecule has 7 heteroatoms. The van der Waals surface area contributed by atoms with Gasteiger partial charge in [-0.25, -0.2) is 0 Å². The first-order valence-electron chi connectivity index (χ1n) is 4.96. The maximum Gasteiger partial charge on any atom is 0.418 e. The molecule has 0 radical (unpaired) electrons. The van der Waals surface area contributed by atoms with Crippen molar-refractivity contribution >= 4 is 21.6 Å². The third-order valence-corrected chi connectivity index (χ3v) is 2.48. The van der Waals surface area contributed by atoms with Crippen LogP contribution in [0.3, 0.4) is 0 Å². The van der Waals surface area contributed by atoms with Crippen LogP contribution in [0.5, 0.6) is 0 Å². The minimum Gasteiger partial charge on any atom is -0.311 e. The zero-order chi connectivity index (χ0) is 12.6. The fourth-order valence-corrected chi connectivity index (χ4v) is 1.75. The normalized spacial score (nSPS) is 12.6. The lowest BCUT2D eigenvalue weighted by Gasteiger charge is -2.17. The number of hydrogen-bond donors (Lipinski definition) is 0. The van der Waals surface area contributed by atoms with E-state index in [1.807, 2.05) is 0 Å². The van der Waals surface area contributed by atoms with Gasteiger partial charge in [-0.05, 0) is 41.9 Å². The van der Waals surface area contributed by atoms with Crippen molar-refractivity contribution in [2.24, 2.45) is 0 Å². The third-order valence-electron chi connectivity index (χ3n) is 2.01. The molecule has 0 spiro atoms. The lowest BCUT2D eigenvalue weighted by Crippen LogP contribution is -2.25. The molecule has 92 valence electrons. The van der Waals surface area contributed by atoms with Crippen LogP contribution in [-0.4, -0.2) is 20.7 Å². The molecule has 0 saturated heterocycles. The fraction of sp³-hybridized carbons (Fsp3) is 0.400. The fourth-order valence-electron chi connectivity index (χ4n) is 1.41. The second-order valence-electron chi connectivity index (χ2n) is 3.78. The summed E-state index contributed by atoms with van der Waals surface area (Å²) >= 11 is 3.21. The van der Waals surface area contributed by atoms with Crippen LogP contribution in [0.4, 0.5) is 8.78 Å². The summed E-state index contributed by atoms with van der Waals surface area (Å²) in [5.74, 6) is -0.525. The first kappa shape index (κ1) is 12.4. The second-order valence-corrected chi connectivity index (χ2v) is 4.70. The number of hydrogen-bond acceptors (Lipinski definition) is 3. The van der Waals surface area contributed by atoms with Gasteiger partial charge in [0.15, 0.2) is 5.65 Å². The summed E-state index contributed by atoms with van der Waals surface area (Å²) in [5.41, 5.74) is 0.343. The van der Waals surface area contributed by atoms with Gasteiger partial charge in [-0.1, -0.05) is 0 Å². The molecule has 17 heavy (non-hydrogen) atoms. The Hall–Kier alpha value is -1.08. The van der Waals surface area contributed by atoms with E-state index < -0.39 is 18.0 Å². The smallest absolute Gasteiger partial charge is 0.311 e. The zero-order valence-electron chi connectivity index (χ0n) is 9.19. The molecular weight excluding hydrogens is 296 g/mol. The molecule has 2 rings (SSSR count). The summed E-state index contributed by atoms with van der Waals surface area (Å²) in [6, 6.07) is 3.29. The summed E-state index contributed by atoms with van der Waals surface area (Å²) in [6.45, 7) is 3.07. The van der Waals surface area contributed by atoms with E-state index in [2.05, 4.69) is 30.9 Å². The molecule has 0 aliphatic rings. The maximum absolute atomic E-state index is 13.7. The Balaban J connectivity index is 2.51. The van der Waals surface area contributed by atoms with Gasteiger partial charge >= 0.3 is 6.11 Å². The predicted molar refractivity (Wildman–Crippen MR) is 60.8 cm³/mol. The zero-order valence-corrected chi connectivity index (χ0v) is 10.8. The number of fused-ring (bicyclic) bond motifs is 1. The molecule has 0 atom stereocenters. The number of alkyl halides is 2. The van der Waals surface area contributed by atoms with Gasteiger partial charge in [0.1, 0.15) is 0 Å². The van der Waals surface area contributed by atoms with E-state index >= 15 is 0 Å². The van der Waals surface area contributed by atoms with E-state index in [1.54, 1.807) is 12.1 Å². The molecule has 4 nitrogen and oxygen atoms in total. The van der Waals surface area contributed by atoms with Crippen LogP contribution in [-0.2, 0) is 10.8 Å². The molecule has 2 aromatic heterocycles. The summed E-state index contributed by atoms with van der Waals surface area (Å²) in [4.78, 5) is 0. The summed E-state index contributed by atoms with van der Waals surface area (Å²) in [5, 5.41) is 7.14. The van der Waals surface area contributed by atoms with Crippen molar-refractivity contribution in [2.75, 3.05) is 0 Å². The number of rotatable bonds is 3. The van der Waals surface area contributed by atoms with Crippen LogP contribution in [0.25, 0.3) is 5.65 Å². The molecule has 0 aliphatic carbocycles. The van der Waals surface area contributed by atoms with Gasteiger partial charge in [0.2, 0.25) is 5.82 Å². The van der Waals surface area contributed by atoms with Crippen LogP contribution >= 0.6 is 15.9 Å².